The van der Waals surface area contributed by atoms with Crippen LogP contribution in [-0.4, -0.2) is 40.7 Å². The molecular weight excluding hydrogens is 366 g/mol. The lowest BCUT2D eigenvalue weighted by molar-refractivity contribution is -0.132. The number of rotatable bonds is 5. The van der Waals surface area contributed by atoms with E-state index in [4.69, 9.17) is 0 Å². The van der Waals surface area contributed by atoms with Gasteiger partial charge in [-0.15, -0.1) is 0 Å². The van der Waals surface area contributed by atoms with E-state index in [0.717, 1.165) is 37.1 Å². The number of nitrogens with one attached hydrogen (secondary N) is 1. The molecule has 2 heterocycles. The Balaban J connectivity index is 1.51. The van der Waals surface area contributed by atoms with E-state index in [0.29, 0.717) is 12.0 Å². The molecule has 2 aromatic rings. The van der Waals surface area contributed by atoms with Crippen molar-refractivity contribution in [2.45, 2.75) is 38.3 Å². The largest absolute Gasteiger partial charge is 0.339 e. The van der Waals surface area contributed by atoms with Crippen molar-refractivity contribution in [2.75, 3.05) is 13.1 Å². The number of hydrogen-bond donors (Lipinski definition) is 1. The van der Waals surface area contributed by atoms with Crippen molar-refractivity contribution in [3.05, 3.63) is 71.3 Å². The Bertz CT molecular complexity index is 920. The molecule has 0 aliphatic carbocycles. The summed E-state index contributed by atoms with van der Waals surface area (Å²) >= 11 is 0. The first-order valence-electron chi connectivity index (χ1n) is 10.1. The SMILES string of the molecule is CCC1(c2ccccc2)NC(=O)N(Cc2ccc(C(=O)N3CCCC3)cc2)C1=O. The van der Waals surface area contributed by atoms with Gasteiger partial charge in [-0.2, -0.15) is 0 Å². The molecule has 0 radical (unpaired) electrons. The monoisotopic (exact) mass is 391 g/mol. The standard InChI is InChI=1S/C23H25N3O3/c1-2-23(19-8-4-3-5-9-19)21(28)26(22(29)24-23)16-17-10-12-18(13-11-17)20(27)25-14-6-7-15-25/h3-5,8-13H,2,6-7,14-16H2,1H3,(H,24,29). The molecular formula is C23H25N3O3. The van der Waals surface area contributed by atoms with E-state index in [1.165, 1.54) is 4.90 Å². The number of amides is 4. The van der Waals surface area contributed by atoms with Crippen molar-refractivity contribution >= 4 is 17.8 Å². The average Bonchev–Trinajstić information content (AvgIpc) is 3.38. The lowest BCUT2D eigenvalue weighted by atomic mass is 9.87. The summed E-state index contributed by atoms with van der Waals surface area (Å²) in [5, 5.41) is 2.90. The summed E-state index contributed by atoms with van der Waals surface area (Å²) < 4.78 is 0. The van der Waals surface area contributed by atoms with Crippen LogP contribution >= 0.6 is 0 Å². The van der Waals surface area contributed by atoms with Crippen LogP contribution in [0.1, 0.15) is 47.7 Å². The molecule has 150 valence electrons. The Morgan fingerprint density at radius 3 is 2.28 bits per heavy atom. The van der Waals surface area contributed by atoms with E-state index < -0.39 is 11.6 Å². The molecule has 0 bridgehead atoms. The first kappa shape index (κ1) is 19.2. The predicted molar refractivity (Wildman–Crippen MR) is 109 cm³/mol. The second-order valence-corrected chi connectivity index (χ2v) is 7.64. The van der Waals surface area contributed by atoms with Crippen molar-refractivity contribution < 1.29 is 14.4 Å². The van der Waals surface area contributed by atoms with Crippen molar-refractivity contribution in [1.82, 2.24) is 15.1 Å². The van der Waals surface area contributed by atoms with E-state index in [9.17, 15) is 14.4 Å². The molecule has 0 aromatic heterocycles. The van der Waals surface area contributed by atoms with E-state index in [2.05, 4.69) is 5.32 Å². The third kappa shape index (κ3) is 3.39. The molecule has 0 spiro atoms. The van der Waals surface area contributed by atoms with Crippen LogP contribution < -0.4 is 5.32 Å². The average molecular weight is 391 g/mol. The highest BCUT2D eigenvalue weighted by molar-refractivity contribution is 6.07. The maximum absolute atomic E-state index is 13.2. The fourth-order valence-corrected chi connectivity index (χ4v) is 4.17. The maximum atomic E-state index is 13.2. The van der Waals surface area contributed by atoms with Crippen LogP contribution in [0.2, 0.25) is 0 Å². The van der Waals surface area contributed by atoms with Crippen molar-refractivity contribution in [2.24, 2.45) is 0 Å². The molecule has 6 nitrogen and oxygen atoms in total. The van der Waals surface area contributed by atoms with Crippen LogP contribution in [0.25, 0.3) is 0 Å². The number of carbonyl (C=O) groups excluding carboxylic acids is 3. The van der Waals surface area contributed by atoms with E-state index >= 15 is 0 Å². The summed E-state index contributed by atoms with van der Waals surface area (Å²) in [4.78, 5) is 41.4. The summed E-state index contributed by atoms with van der Waals surface area (Å²) in [6.45, 7) is 3.69. The molecule has 6 heteroatoms. The topological polar surface area (TPSA) is 69.7 Å². The van der Waals surface area contributed by atoms with Gasteiger partial charge in [-0.1, -0.05) is 49.4 Å². The van der Waals surface area contributed by atoms with Crippen LogP contribution in [0.5, 0.6) is 0 Å². The highest BCUT2D eigenvalue weighted by Crippen LogP contribution is 2.33. The molecule has 2 aliphatic rings. The molecule has 4 amide bonds. The lowest BCUT2D eigenvalue weighted by Crippen LogP contribution is -2.43. The summed E-state index contributed by atoms with van der Waals surface area (Å²) in [5.74, 6) is -0.202. The summed E-state index contributed by atoms with van der Waals surface area (Å²) in [6, 6.07) is 16.1. The molecule has 2 aliphatic heterocycles. The van der Waals surface area contributed by atoms with Gasteiger partial charge in [-0.05, 0) is 42.5 Å². The minimum atomic E-state index is -1.02. The van der Waals surface area contributed by atoms with Gasteiger partial charge in [-0.25, -0.2) is 4.79 Å². The summed E-state index contributed by atoms with van der Waals surface area (Å²) in [6.07, 6.45) is 2.58. The van der Waals surface area contributed by atoms with Gasteiger partial charge in [0.2, 0.25) is 0 Å². The van der Waals surface area contributed by atoms with Crippen LogP contribution in [-0.2, 0) is 16.9 Å². The minimum Gasteiger partial charge on any atom is -0.339 e. The molecule has 2 aromatic carbocycles. The molecule has 29 heavy (non-hydrogen) atoms. The highest BCUT2D eigenvalue weighted by Gasteiger charge is 2.51. The Labute approximate surface area is 170 Å². The third-order valence-corrected chi connectivity index (χ3v) is 5.91. The van der Waals surface area contributed by atoms with Crippen LogP contribution in [0.15, 0.2) is 54.6 Å². The number of benzene rings is 2. The quantitative estimate of drug-likeness (QED) is 0.796. The smallest absolute Gasteiger partial charge is 0.325 e. The zero-order chi connectivity index (χ0) is 20.4. The molecule has 4 rings (SSSR count). The Hall–Kier alpha value is -3.15. The fourth-order valence-electron chi connectivity index (χ4n) is 4.17. The Morgan fingerprint density at radius 1 is 1.00 bits per heavy atom. The predicted octanol–water partition coefficient (Wildman–Crippen LogP) is 3.28. The van der Waals surface area contributed by atoms with Crippen LogP contribution in [0.4, 0.5) is 4.79 Å². The van der Waals surface area contributed by atoms with E-state index in [-0.39, 0.29) is 18.4 Å². The number of urea groups is 1. The van der Waals surface area contributed by atoms with Crippen LogP contribution in [0.3, 0.4) is 0 Å². The zero-order valence-corrected chi connectivity index (χ0v) is 16.6. The first-order chi connectivity index (χ1) is 14.0. The molecule has 2 fully saturated rings. The molecule has 2 saturated heterocycles. The zero-order valence-electron chi connectivity index (χ0n) is 16.6. The highest BCUT2D eigenvalue weighted by atomic mass is 16.2. The Morgan fingerprint density at radius 2 is 1.66 bits per heavy atom. The van der Waals surface area contributed by atoms with E-state index in [1.807, 2.05) is 54.3 Å². The molecule has 1 atom stereocenters. The lowest BCUT2D eigenvalue weighted by Gasteiger charge is -2.25. The molecule has 0 saturated carbocycles. The molecule has 1 unspecified atom stereocenters. The van der Waals surface area contributed by atoms with Gasteiger partial charge in [0.05, 0.1) is 6.54 Å². The van der Waals surface area contributed by atoms with Gasteiger partial charge in [-0.3, -0.25) is 14.5 Å². The third-order valence-electron chi connectivity index (χ3n) is 5.91. The van der Waals surface area contributed by atoms with Gasteiger partial charge in [0, 0.05) is 18.7 Å². The normalized spacial score (nSPS) is 21.6. The van der Waals surface area contributed by atoms with Crippen molar-refractivity contribution in [3.63, 3.8) is 0 Å². The number of carbonyl (C=O) groups is 3. The van der Waals surface area contributed by atoms with Crippen molar-refractivity contribution in [1.29, 1.82) is 0 Å². The number of likely N-dealkylation sites (tertiary alicyclic amines) is 1. The van der Waals surface area contributed by atoms with Gasteiger partial charge in [0.15, 0.2) is 0 Å². The van der Waals surface area contributed by atoms with Crippen molar-refractivity contribution in [3.8, 4) is 0 Å². The van der Waals surface area contributed by atoms with E-state index in [1.54, 1.807) is 12.1 Å². The number of nitrogens with zero attached hydrogens (tertiary/aromatic N) is 2. The first-order valence-corrected chi connectivity index (χ1v) is 10.1. The van der Waals surface area contributed by atoms with Gasteiger partial charge >= 0.3 is 6.03 Å². The fraction of sp³-hybridized carbons (Fsp3) is 0.348. The Kier molecular flexibility index (Phi) is 5.09. The van der Waals surface area contributed by atoms with Gasteiger partial charge in [0.25, 0.3) is 11.8 Å². The van der Waals surface area contributed by atoms with Crippen LogP contribution in [0, 0.1) is 0 Å². The minimum absolute atomic E-state index is 0.0399. The number of hydrogen-bond acceptors (Lipinski definition) is 3. The van der Waals surface area contributed by atoms with Gasteiger partial charge < -0.3 is 10.2 Å². The second kappa shape index (κ2) is 7.70. The second-order valence-electron chi connectivity index (χ2n) is 7.64. The molecule has 1 N–H and O–H groups in total. The number of imide groups is 1. The summed E-state index contributed by atoms with van der Waals surface area (Å²) in [7, 11) is 0. The maximum Gasteiger partial charge on any atom is 0.325 e. The summed E-state index contributed by atoms with van der Waals surface area (Å²) in [5.41, 5.74) is 1.21. The van der Waals surface area contributed by atoms with Gasteiger partial charge in [0.1, 0.15) is 5.54 Å².